The van der Waals surface area contributed by atoms with E-state index in [1.807, 2.05) is 0 Å². The zero-order chi connectivity index (χ0) is 19.5. The van der Waals surface area contributed by atoms with E-state index < -0.39 is 0 Å². The smallest absolute Gasteiger partial charge is 0.276 e. The average molecular weight is 385 g/mol. The fraction of sp³-hybridized carbons (Fsp3) is 0.632. The van der Waals surface area contributed by atoms with Crippen LogP contribution in [0.2, 0.25) is 0 Å². The van der Waals surface area contributed by atoms with Gasteiger partial charge >= 0.3 is 0 Å². The summed E-state index contributed by atoms with van der Waals surface area (Å²) in [7, 11) is 0. The topological polar surface area (TPSA) is 109 Å². The number of rotatable bonds is 4. The summed E-state index contributed by atoms with van der Waals surface area (Å²) in [6.07, 6.45) is 7.52. The van der Waals surface area contributed by atoms with Crippen LogP contribution in [0.15, 0.2) is 11.0 Å². The molecule has 1 saturated heterocycles. The van der Waals surface area contributed by atoms with Crippen molar-refractivity contribution < 1.29 is 4.79 Å². The summed E-state index contributed by atoms with van der Waals surface area (Å²) in [5.74, 6) is 0.474. The Morgan fingerprint density at radius 1 is 1.29 bits per heavy atom. The predicted octanol–water partition coefficient (Wildman–Crippen LogP) is 0.443. The Hall–Kier alpha value is -2.55. The Bertz CT molecular complexity index is 898. The Morgan fingerprint density at radius 2 is 2.14 bits per heavy atom. The van der Waals surface area contributed by atoms with Crippen molar-refractivity contribution in [2.24, 2.45) is 0 Å². The van der Waals surface area contributed by atoms with E-state index >= 15 is 0 Å². The summed E-state index contributed by atoms with van der Waals surface area (Å²) in [4.78, 5) is 34.0. The van der Waals surface area contributed by atoms with Crippen molar-refractivity contribution in [3.8, 4) is 0 Å². The van der Waals surface area contributed by atoms with Gasteiger partial charge in [-0.2, -0.15) is 0 Å². The van der Waals surface area contributed by atoms with Crippen LogP contribution in [-0.2, 0) is 19.4 Å². The highest BCUT2D eigenvalue weighted by molar-refractivity contribution is 5.92. The largest absolute Gasteiger partial charge is 0.336 e. The maximum absolute atomic E-state index is 12.9. The predicted molar refractivity (Wildman–Crippen MR) is 103 cm³/mol. The van der Waals surface area contributed by atoms with Crippen LogP contribution in [0.4, 0.5) is 0 Å². The first-order chi connectivity index (χ1) is 13.6. The quantitative estimate of drug-likeness (QED) is 0.791. The molecule has 0 saturated carbocycles. The molecule has 0 spiro atoms. The van der Waals surface area contributed by atoms with E-state index in [4.69, 9.17) is 0 Å². The number of carbonyl (C=O) groups excluding carboxylic acids is 1. The third kappa shape index (κ3) is 4.14. The van der Waals surface area contributed by atoms with E-state index in [1.165, 1.54) is 19.3 Å². The second-order valence-corrected chi connectivity index (χ2v) is 7.67. The molecule has 2 aromatic rings. The van der Waals surface area contributed by atoms with Gasteiger partial charge in [-0.1, -0.05) is 11.6 Å². The van der Waals surface area contributed by atoms with Gasteiger partial charge < -0.3 is 15.2 Å². The lowest BCUT2D eigenvalue weighted by Gasteiger charge is -2.23. The van der Waals surface area contributed by atoms with Gasteiger partial charge in [-0.25, -0.2) is 4.98 Å². The monoisotopic (exact) mass is 385 g/mol. The molecule has 4 rings (SSSR count). The molecule has 4 heterocycles. The SMILES string of the molecule is Cc1nc2c(c(=O)[nH]1)CCN(C(=O)c1cn(CCC3CCCCN3)nn1)CC2. The number of aromatic nitrogens is 5. The van der Waals surface area contributed by atoms with Gasteiger partial charge in [0.1, 0.15) is 5.82 Å². The highest BCUT2D eigenvalue weighted by Crippen LogP contribution is 2.14. The first kappa shape index (κ1) is 18.8. The first-order valence-corrected chi connectivity index (χ1v) is 10.1. The van der Waals surface area contributed by atoms with Crippen LogP contribution in [-0.4, -0.2) is 61.4 Å². The van der Waals surface area contributed by atoms with Crippen LogP contribution in [0, 0.1) is 6.92 Å². The van der Waals surface area contributed by atoms with Gasteiger partial charge in [-0.3, -0.25) is 14.3 Å². The maximum Gasteiger partial charge on any atom is 0.276 e. The number of aryl methyl sites for hydroxylation is 2. The van der Waals surface area contributed by atoms with Crippen LogP contribution in [0.1, 0.15) is 53.3 Å². The van der Waals surface area contributed by atoms with Crippen molar-refractivity contribution in [1.82, 2.24) is 35.2 Å². The molecule has 2 aliphatic rings. The number of hydrogen-bond donors (Lipinski definition) is 2. The normalized spacial score (nSPS) is 19.9. The van der Waals surface area contributed by atoms with Crippen molar-refractivity contribution in [2.45, 2.75) is 58.0 Å². The molecule has 0 aromatic carbocycles. The molecular weight excluding hydrogens is 358 g/mol. The van der Waals surface area contributed by atoms with Crippen LogP contribution in [0.3, 0.4) is 0 Å². The summed E-state index contributed by atoms with van der Waals surface area (Å²) < 4.78 is 1.76. The van der Waals surface area contributed by atoms with E-state index in [2.05, 4.69) is 25.6 Å². The molecule has 0 aliphatic carbocycles. The summed E-state index contributed by atoms with van der Waals surface area (Å²) in [5, 5.41) is 11.7. The van der Waals surface area contributed by atoms with E-state index in [0.717, 1.165) is 25.2 Å². The molecule has 1 atom stereocenters. The number of fused-ring (bicyclic) bond motifs is 1. The van der Waals surface area contributed by atoms with Gasteiger partial charge in [0.15, 0.2) is 5.69 Å². The molecule has 1 fully saturated rings. The lowest BCUT2D eigenvalue weighted by Crippen LogP contribution is -2.34. The third-order valence-corrected chi connectivity index (χ3v) is 5.63. The second kappa shape index (κ2) is 8.22. The Morgan fingerprint density at radius 3 is 2.96 bits per heavy atom. The Balaban J connectivity index is 1.38. The van der Waals surface area contributed by atoms with Gasteiger partial charge in [0.25, 0.3) is 11.5 Å². The Kier molecular flexibility index (Phi) is 5.52. The third-order valence-electron chi connectivity index (χ3n) is 5.63. The maximum atomic E-state index is 12.9. The van der Waals surface area contributed by atoms with Gasteiger partial charge in [0, 0.05) is 37.7 Å². The van der Waals surface area contributed by atoms with Crippen LogP contribution in [0.5, 0.6) is 0 Å². The number of carbonyl (C=O) groups is 1. The minimum absolute atomic E-state index is 0.0981. The van der Waals surface area contributed by atoms with Crippen LogP contribution < -0.4 is 10.9 Å². The molecule has 1 amide bonds. The molecule has 9 nitrogen and oxygen atoms in total. The van der Waals surface area contributed by atoms with Crippen LogP contribution in [0.25, 0.3) is 0 Å². The summed E-state index contributed by atoms with van der Waals surface area (Å²) in [6.45, 7) is 4.62. The van der Waals surface area contributed by atoms with Crippen molar-refractivity contribution >= 4 is 5.91 Å². The highest BCUT2D eigenvalue weighted by Gasteiger charge is 2.24. The molecule has 0 radical (unpaired) electrons. The van der Waals surface area contributed by atoms with Gasteiger partial charge in [0.2, 0.25) is 0 Å². The van der Waals surface area contributed by atoms with Crippen molar-refractivity contribution in [3.63, 3.8) is 0 Å². The van der Waals surface area contributed by atoms with Gasteiger partial charge in [-0.15, -0.1) is 5.10 Å². The zero-order valence-electron chi connectivity index (χ0n) is 16.3. The fourth-order valence-electron chi connectivity index (χ4n) is 4.06. The first-order valence-electron chi connectivity index (χ1n) is 10.1. The average Bonchev–Trinajstić information content (AvgIpc) is 3.06. The Labute approximate surface area is 163 Å². The summed E-state index contributed by atoms with van der Waals surface area (Å²) >= 11 is 0. The number of H-pyrrole nitrogens is 1. The van der Waals surface area contributed by atoms with Gasteiger partial charge in [-0.05, 0) is 39.2 Å². The number of piperidine rings is 1. The molecular formula is C19H27N7O2. The molecule has 2 aromatic heterocycles. The van der Waals surface area contributed by atoms with E-state index in [9.17, 15) is 9.59 Å². The highest BCUT2D eigenvalue weighted by atomic mass is 16.2. The molecule has 9 heteroatoms. The van der Waals surface area contributed by atoms with Gasteiger partial charge in [0.05, 0.1) is 11.9 Å². The number of hydrogen-bond acceptors (Lipinski definition) is 6. The minimum Gasteiger partial charge on any atom is -0.336 e. The molecule has 2 N–H and O–H groups in total. The standard InChI is InChI=1S/C19H27N7O2/c1-13-21-16-7-10-25(9-6-15(16)18(27)22-13)19(28)17-12-26(24-23-17)11-5-14-4-2-3-8-20-14/h12,14,20H,2-11H2,1H3,(H,21,22,27). The molecule has 150 valence electrons. The number of nitrogens with one attached hydrogen (secondary N) is 2. The van der Waals surface area contributed by atoms with E-state index in [1.54, 1.807) is 22.7 Å². The number of aromatic amines is 1. The summed E-state index contributed by atoms with van der Waals surface area (Å²) in [5.41, 5.74) is 1.74. The number of amides is 1. The molecule has 0 bridgehead atoms. The molecule has 2 aliphatic heterocycles. The molecule has 1 unspecified atom stereocenters. The van der Waals surface area contributed by atoms with Crippen molar-refractivity contribution in [1.29, 1.82) is 0 Å². The van der Waals surface area contributed by atoms with E-state index in [-0.39, 0.29) is 11.5 Å². The van der Waals surface area contributed by atoms with Crippen LogP contribution >= 0.6 is 0 Å². The number of nitrogens with zero attached hydrogens (tertiary/aromatic N) is 5. The summed E-state index contributed by atoms with van der Waals surface area (Å²) in [6, 6.07) is 0.523. The van der Waals surface area contributed by atoms with Crippen molar-refractivity contribution in [3.05, 3.63) is 39.3 Å². The zero-order valence-corrected chi connectivity index (χ0v) is 16.3. The second-order valence-electron chi connectivity index (χ2n) is 7.67. The lowest BCUT2D eigenvalue weighted by molar-refractivity contribution is 0.0757. The van der Waals surface area contributed by atoms with E-state index in [0.29, 0.717) is 49.1 Å². The lowest BCUT2D eigenvalue weighted by atomic mass is 10.0. The minimum atomic E-state index is -0.136. The van der Waals surface area contributed by atoms with Crippen molar-refractivity contribution in [2.75, 3.05) is 19.6 Å². The fourth-order valence-corrected chi connectivity index (χ4v) is 4.06. The molecule has 28 heavy (non-hydrogen) atoms.